The number of aryl methyl sites for hydroxylation is 1. The lowest BCUT2D eigenvalue weighted by Gasteiger charge is -2.18. The highest BCUT2D eigenvalue weighted by atomic mass is 19.4. The second-order valence-electron chi connectivity index (χ2n) is 5.89. The molecule has 0 saturated carbocycles. The summed E-state index contributed by atoms with van der Waals surface area (Å²) in [6.07, 6.45) is -3.80. The molecule has 132 valence electrons. The topological polar surface area (TPSA) is 69.6 Å². The maximum atomic E-state index is 12.9. The first kappa shape index (κ1) is 18.3. The summed E-state index contributed by atoms with van der Waals surface area (Å²) in [7, 11) is 0. The van der Waals surface area contributed by atoms with Gasteiger partial charge in [0.05, 0.1) is 18.4 Å². The molecule has 0 radical (unpaired) electrons. The number of alkyl halides is 3. The predicted molar refractivity (Wildman–Crippen MR) is 81.6 cm³/mol. The molecule has 0 aliphatic carbocycles. The molecule has 0 aromatic heterocycles. The Morgan fingerprint density at radius 2 is 2.04 bits per heavy atom. The summed E-state index contributed by atoms with van der Waals surface area (Å²) < 4.78 is 38.8. The first-order chi connectivity index (χ1) is 11.2. The maximum absolute atomic E-state index is 12.9. The summed E-state index contributed by atoms with van der Waals surface area (Å²) in [6, 6.07) is 7.17. The fourth-order valence-corrected chi connectivity index (χ4v) is 2.87. The van der Waals surface area contributed by atoms with Crippen molar-refractivity contribution in [2.24, 2.45) is 11.8 Å². The quantitative estimate of drug-likeness (QED) is 0.860. The van der Waals surface area contributed by atoms with E-state index in [1.807, 2.05) is 13.0 Å². The Bertz CT molecular complexity index is 619. The lowest BCUT2D eigenvalue weighted by Crippen LogP contribution is -2.34. The molecular weight excluding hydrogens is 325 g/mol. The van der Waals surface area contributed by atoms with Crippen LogP contribution in [0.25, 0.3) is 0 Å². The van der Waals surface area contributed by atoms with Crippen molar-refractivity contribution >= 4 is 17.6 Å². The average Bonchev–Trinajstić information content (AvgIpc) is 2.91. The van der Waals surface area contributed by atoms with Gasteiger partial charge in [-0.05, 0) is 24.1 Å². The van der Waals surface area contributed by atoms with Crippen molar-refractivity contribution in [3.8, 4) is 0 Å². The Morgan fingerprint density at radius 3 is 2.58 bits per heavy atom. The summed E-state index contributed by atoms with van der Waals surface area (Å²) in [5.74, 6) is -5.45. The second kappa shape index (κ2) is 7.21. The minimum Gasteiger partial charge on any atom is -0.481 e. The number of carbonyl (C=O) groups is 2. The van der Waals surface area contributed by atoms with Crippen molar-refractivity contribution < 1.29 is 27.9 Å². The smallest absolute Gasteiger partial charge is 0.393 e. The maximum Gasteiger partial charge on any atom is 0.393 e. The second-order valence-corrected chi connectivity index (χ2v) is 5.89. The first-order valence-electron chi connectivity index (χ1n) is 7.61. The number of likely N-dealkylation sites (tertiary alicyclic amines) is 1. The number of hydrogen-bond acceptors (Lipinski definition) is 3. The van der Waals surface area contributed by atoms with E-state index in [0.717, 1.165) is 12.0 Å². The van der Waals surface area contributed by atoms with E-state index >= 15 is 0 Å². The standard InChI is InChI=1S/C16H19F3N2O3/c1-2-10-4-3-5-11(6-10)20-14(22)9-21-7-12(15(23)24)13(8-21)16(17,18)19/h3-6,12-13H,2,7-9H2,1H3,(H,20,22)(H,23,24)/t12-,13-/m0/s1. The van der Waals surface area contributed by atoms with Gasteiger partial charge in [-0.1, -0.05) is 19.1 Å². The van der Waals surface area contributed by atoms with Crippen molar-refractivity contribution in [2.75, 3.05) is 25.0 Å². The summed E-state index contributed by atoms with van der Waals surface area (Å²) >= 11 is 0. The Balaban J connectivity index is 1.98. The Labute approximate surface area is 137 Å². The molecule has 1 fully saturated rings. The highest BCUT2D eigenvalue weighted by molar-refractivity contribution is 5.92. The number of rotatable bonds is 5. The van der Waals surface area contributed by atoms with Gasteiger partial charge in [0, 0.05) is 18.8 Å². The molecule has 2 N–H and O–H groups in total. The number of amides is 1. The molecule has 1 heterocycles. The number of nitrogens with one attached hydrogen (secondary N) is 1. The van der Waals surface area contributed by atoms with Gasteiger partial charge in [0.25, 0.3) is 0 Å². The van der Waals surface area contributed by atoms with E-state index in [1.165, 1.54) is 4.90 Å². The number of anilines is 1. The zero-order chi connectivity index (χ0) is 17.9. The van der Waals surface area contributed by atoms with Crippen LogP contribution < -0.4 is 5.32 Å². The molecule has 8 heteroatoms. The number of benzene rings is 1. The van der Waals surface area contributed by atoms with E-state index in [1.54, 1.807) is 18.2 Å². The fourth-order valence-electron chi connectivity index (χ4n) is 2.87. The summed E-state index contributed by atoms with van der Waals surface area (Å²) in [5, 5.41) is 11.6. The molecule has 1 aliphatic rings. The summed E-state index contributed by atoms with van der Waals surface area (Å²) in [6.45, 7) is 0.923. The third kappa shape index (κ3) is 4.47. The molecule has 1 amide bonds. The lowest BCUT2D eigenvalue weighted by molar-refractivity contribution is -0.188. The Kier molecular flexibility index (Phi) is 5.48. The van der Waals surface area contributed by atoms with Crippen LogP contribution >= 0.6 is 0 Å². The van der Waals surface area contributed by atoms with Crippen LogP contribution in [0.5, 0.6) is 0 Å². The van der Waals surface area contributed by atoms with E-state index in [2.05, 4.69) is 5.32 Å². The first-order valence-corrected chi connectivity index (χ1v) is 7.61. The zero-order valence-corrected chi connectivity index (χ0v) is 13.1. The van der Waals surface area contributed by atoms with Crippen LogP contribution in [0.15, 0.2) is 24.3 Å². The molecule has 5 nitrogen and oxygen atoms in total. The van der Waals surface area contributed by atoms with Crippen LogP contribution in [0.1, 0.15) is 12.5 Å². The molecule has 0 unspecified atom stereocenters. The highest BCUT2D eigenvalue weighted by Crippen LogP contribution is 2.37. The molecule has 0 bridgehead atoms. The van der Waals surface area contributed by atoms with E-state index in [-0.39, 0.29) is 13.1 Å². The highest BCUT2D eigenvalue weighted by Gasteiger charge is 2.52. The van der Waals surface area contributed by atoms with E-state index in [4.69, 9.17) is 5.11 Å². The SMILES string of the molecule is CCc1cccc(NC(=O)CN2C[C@H](C(=O)O)[C@@H](C(F)(F)F)C2)c1. The van der Waals surface area contributed by atoms with Crippen molar-refractivity contribution in [1.82, 2.24) is 4.90 Å². The normalized spacial score (nSPS) is 21.7. The fraction of sp³-hybridized carbons (Fsp3) is 0.500. The predicted octanol–water partition coefficient (Wildman–Crippen LogP) is 2.38. The van der Waals surface area contributed by atoms with Gasteiger partial charge in [0.15, 0.2) is 0 Å². The van der Waals surface area contributed by atoms with Gasteiger partial charge >= 0.3 is 12.1 Å². The number of nitrogens with zero attached hydrogens (tertiary/aromatic N) is 1. The van der Waals surface area contributed by atoms with Crippen molar-refractivity contribution in [2.45, 2.75) is 19.5 Å². The molecular formula is C16H19F3N2O3. The molecule has 1 saturated heterocycles. The molecule has 1 aromatic rings. The largest absolute Gasteiger partial charge is 0.481 e. The minimum atomic E-state index is -4.59. The number of carbonyl (C=O) groups excluding carboxylic acids is 1. The summed E-state index contributed by atoms with van der Waals surface area (Å²) in [5.41, 5.74) is 1.60. The molecule has 1 aliphatic heterocycles. The summed E-state index contributed by atoms with van der Waals surface area (Å²) in [4.78, 5) is 24.3. The van der Waals surface area contributed by atoms with Gasteiger partial charge in [-0.25, -0.2) is 0 Å². The van der Waals surface area contributed by atoms with Crippen LogP contribution in [0.3, 0.4) is 0 Å². The third-order valence-corrected chi connectivity index (χ3v) is 4.12. The van der Waals surface area contributed by atoms with Crippen molar-refractivity contribution in [3.05, 3.63) is 29.8 Å². The average molecular weight is 344 g/mol. The van der Waals surface area contributed by atoms with Gasteiger partial charge in [-0.2, -0.15) is 13.2 Å². The zero-order valence-electron chi connectivity index (χ0n) is 13.1. The van der Waals surface area contributed by atoms with E-state index in [9.17, 15) is 22.8 Å². The van der Waals surface area contributed by atoms with Crippen molar-refractivity contribution in [1.29, 1.82) is 0 Å². The van der Waals surface area contributed by atoms with Gasteiger partial charge in [0.1, 0.15) is 0 Å². The van der Waals surface area contributed by atoms with Gasteiger partial charge in [-0.15, -0.1) is 0 Å². The van der Waals surface area contributed by atoms with E-state index < -0.39 is 36.4 Å². The molecule has 2 rings (SSSR count). The van der Waals surface area contributed by atoms with Gasteiger partial charge in [0.2, 0.25) is 5.91 Å². The number of aliphatic carboxylic acids is 1. The molecule has 0 spiro atoms. The van der Waals surface area contributed by atoms with Crippen LogP contribution in [-0.4, -0.2) is 47.7 Å². The number of hydrogen-bond donors (Lipinski definition) is 2. The number of carboxylic acid groups (broad SMARTS) is 1. The van der Waals surface area contributed by atoms with Gasteiger partial charge in [-0.3, -0.25) is 14.5 Å². The Hall–Kier alpha value is -2.09. The van der Waals surface area contributed by atoms with Crippen LogP contribution in [0, 0.1) is 11.8 Å². The molecule has 2 atom stereocenters. The number of carboxylic acids is 1. The van der Waals surface area contributed by atoms with Crippen LogP contribution in [0.4, 0.5) is 18.9 Å². The lowest BCUT2D eigenvalue weighted by atomic mass is 9.96. The van der Waals surface area contributed by atoms with Crippen LogP contribution in [0.2, 0.25) is 0 Å². The van der Waals surface area contributed by atoms with Crippen LogP contribution in [-0.2, 0) is 16.0 Å². The monoisotopic (exact) mass is 344 g/mol. The molecule has 1 aromatic carbocycles. The Morgan fingerprint density at radius 1 is 1.33 bits per heavy atom. The number of halogens is 3. The van der Waals surface area contributed by atoms with Crippen molar-refractivity contribution in [3.63, 3.8) is 0 Å². The van der Waals surface area contributed by atoms with E-state index in [0.29, 0.717) is 5.69 Å². The molecule has 24 heavy (non-hydrogen) atoms. The third-order valence-electron chi connectivity index (χ3n) is 4.12. The van der Waals surface area contributed by atoms with Gasteiger partial charge < -0.3 is 10.4 Å². The minimum absolute atomic E-state index is 0.271.